The molecule has 4 heteroatoms. The lowest BCUT2D eigenvalue weighted by molar-refractivity contribution is 0.662. The van der Waals surface area contributed by atoms with E-state index in [-0.39, 0.29) is 6.17 Å². The van der Waals surface area contributed by atoms with Gasteiger partial charge in [0.1, 0.15) is 11.3 Å². The van der Waals surface area contributed by atoms with Crippen molar-refractivity contribution in [3.8, 4) is 17.2 Å². The van der Waals surface area contributed by atoms with Crippen molar-refractivity contribution in [1.29, 1.82) is 5.26 Å². The largest absolute Gasteiger partial charge is 0.322 e. The molecule has 2 aromatic rings. The van der Waals surface area contributed by atoms with Gasteiger partial charge >= 0.3 is 0 Å². The van der Waals surface area contributed by atoms with Crippen molar-refractivity contribution in [2.45, 2.75) is 46.2 Å². The highest BCUT2D eigenvalue weighted by Crippen LogP contribution is 2.34. The summed E-state index contributed by atoms with van der Waals surface area (Å²) in [5.41, 5.74) is 6.08. The summed E-state index contributed by atoms with van der Waals surface area (Å²) in [5, 5.41) is 9.97. The third-order valence-corrected chi connectivity index (χ3v) is 5.36. The molecule has 1 heterocycles. The molecule has 2 aromatic carbocycles. The van der Waals surface area contributed by atoms with Gasteiger partial charge in [-0.05, 0) is 56.0 Å². The molecule has 1 unspecified atom stereocenters. The lowest BCUT2D eigenvalue weighted by Crippen LogP contribution is -2.36. The number of aliphatic imine (C=N–C) groups is 1. The maximum Gasteiger partial charge on any atom is 0.130 e. The van der Waals surface area contributed by atoms with Crippen LogP contribution in [0.15, 0.2) is 64.8 Å². The predicted octanol–water partition coefficient (Wildman–Crippen LogP) is 6.49. The smallest absolute Gasteiger partial charge is 0.130 e. The molecule has 0 N–H and O–H groups in total. The zero-order valence-corrected chi connectivity index (χ0v) is 16.8. The van der Waals surface area contributed by atoms with Gasteiger partial charge in [-0.1, -0.05) is 55.3 Å². The van der Waals surface area contributed by atoms with E-state index in [9.17, 15) is 5.26 Å². The van der Waals surface area contributed by atoms with E-state index in [0.29, 0.717) is 10.7 Å². The van der Waals surface area contributed by atoms with E-state index in [1.54, 1.807) is 0 Å². The van der Waals surface area contributed by atoms with Crippen molar-refractivity contribution in [3.05, 3.63) is 65.4 Å². The van der Waals surface area contributed by atoms with E-state index < -0.39 is 0 Å². The van der Waals surface area contributed by atoms with Crippen LogP contribution in [0.3, 0.4) is 0 Å². The van der Waals surface area contributed by atoms with Crippen molar-refractivity contribution in [1.82, 2.24) is 0 Å². The van der Waals surface area contributed by atoms with E-state index >= 15 is 0 Å². The highest BCUT2D eigenvalue weighted by atomic mass is 35.5. The van der Waals surface area contributed by atoms with Crippen LogP contribution in [0.5, 0.6) is 0 Å². The van der Waals surface area contributed by atoms with Crippen molar-refractivity contribution in [3.63, 3.8) is 0 Å². The Hall–Kier alpha value is -2.57. The minimum absolute atomic E-state index is 0.0368. The average molecular weight is 378 g/mol. The average Bonchev–Trinajstić information content (AvgIpc) is 2.69. The minimum atomic E-state index is -0.0368. The van der Waals surface area contributed by atoms with Gasteiger partial charge in [0, 0.05) is 17.0 Å². The monoisotopic (exact) mass is 377 g/mol. The third kappa shape index (κ3) is 3.91. The number of benzene rings is 2. The number of anilines is 1. The molecule has 138 valence electrons. The molecule has 3 rings (SSSR count). The number of allylic oxidation sites excluding steroid dienone is 2. The van der Waals surface area contributed by atoms with Crippen LogP contribution in [-0.2, 0) is 0 Å². The zero-order chi connectivity index (χ0) is 19.4. The van der Waals surface area contributed by atoms with Crippen LogP contribution in [0.2, 0.25) is 0 Å². The molecule has 0 saturated carbocycles. The Bertz CT molecular complexity index is 919. The first kappa shape index (κ1) is 19.2. The maximum atomic E-state index is 9.35. The van der Waals surface area contributed by atoms with E-state index in [2.05, 4.69) is 54.1 Å². The standard InChI is InChI=1S/C23H24ClN3/c1-4-5-10-22-16(2)23(24)26-17(3)27(22)20-13-11-18(12-14-20)21-9-7-6-8-19(21)15-25/h6-9,11-14,17H,4-5,10H2,1-3H3. The van der Waals surface area contributed by atoms with Gasteiger partial charge in [0.2, 0.25) is 0 Å². The lowest BCUT2D eigenvalue weighted by atomic mass is 9.99. The molecule has 0 amide bonds. The molecule has 0 spiro atoms. The Morgan fingerprint density at radius 2 is 1.85 bits per heavy atom. The molecule has 0 fully saturated rings. The number of hydrogen-bond donors (Lipinski definition) is 0. The quantitative estimate of drug-likeness (QED) is 0.597. The number of unbranched alkanes of at least 4 members (excludes halogenated alkanes) is 1. The number of rotatable bonds is 5. The number of nitrogens with zero attached hydrogens (tertiary/aromatic N) is 3. The summed E-state index contributed by atoms with van der Waals surface area (Å²) in [4.78, 5) is 6.87. The molecule has 0 aromatic heterocycles. The molecule has 0 radical (unpaired) electrons. The Kier molecular flexibility index (Phi) is 5.98. The summed E-state index contributed by atoms with van der Waals surface area (Å²) < 4.78 is 0. The molecule has 0 saturated heterocycles. The highest BCUT2D eigenvalue weighted by molar-refractivity contribution is 6.69. The van der Waals surface area contributed by atoms with Crippen LogP contribution >= 0.6 is 11.6 Å². The Labute approximate surface area is 166 Å². The molecule has 1 aliphatic rings. The Balaban J connectivity index is 1.97. The Morgan fingerprint density at radius 3 is 2.52 bits per heavy atom. The van der Waals surface area contributed by atoms with Crippen molar-refractivity contribution < 1.29 is 0 Å². The number of nitriles is 1. The molecule has 0 aliphatic carbocycles. The van der Waals surface area contributed by atoms with Gasteiger partial charge in [0.15, 0.2) is 0 Å². The molecule has 1 aliphatic heterocycles. The Morgan fingerprint density at radius 1 is 1.15 bits per heavy atom. The van der Waals surface area contributed by atoms with Crippen LogP contribution in [-0.4, -0.2) is 11.3 Å². The van der Waals surface area contributed by atoms with Gasteiger partial charge in [-0.3, -0.25) is 0 Å². The van der Waals surface area contributed by atoms with Crippen molar-refractivity contribution >= 4 is 22.5 Å². The molecule has 27 heavy (non-hydrogen) atoms. The number of hydrogen-bond acceptors (Lipinski definition) is 3. The summed E-state index contributed by atoms with van der Waals surface area (Å²) in [7, 11) is 0. The highest BCUT2D eigenvalue weighted by Gasteiger charge is 2.26. The van der Waals surface area contributed by atoms with Gasteiger partial charge in [-0.15, -0.1) is 0 Å². The van der Waals surface area contributed by atoms with E-state index in [1.165, 1.54) is 5.70 Å². The van der Waals surface area contributed by atoms with Crippen LogP contribution in [0.4, 0.5) is 5.69 Å². The van der Waals surface area contributed by atoms with E-state index in [0.717, 1.165) is 41.6 Å². The van der Waals surface area contributed by atoms with Gasteiger partial charge in [-0.25, -0.2) is 4.99 Å². The summed E-state index contributed by atoms with van der Waals surface area (Å²) in [6.45, 7) is 6.32. The lowest BCUT2D eigenvalue weighted by Gasteiger charge is -2.36. The summed E-state index contributed by atoms with van der Waals surface area (Å²) in [6, 6.07) is 18.3. The molecule has 3 nitrogen and oxygen atoms in total. The SMILES string of the molecule is CCCCC1=C(C)C(Cl)=NC(C)N1c1ccc(-c2ccccc2C#N)cc1. The fraction of sp³-hybridized carbons (Fsp3) is 0.304. The van der Waals surface area contributed by atoms with Crippen LogP contribution in [0, 0.1) is 11.3 Å². The zero-order valence-electron chi connectivity index (χ0n) is 16.0. The predicted molar refractivity (Wildman–Crippen MR) is 114 cm³/mol. The van der Waals surface area contributed by atoms with Gasteiger partial charge in [-0.2, -0.15) is 5.26 Å². The summed E-state index contributed by atoms with van der Waals surface area (Å²) in [5.74, 6) is 0. The molecule has 0 bridgehead atoms. The third-order valence-electron chi connectivity index (χ3n) is 4.98. The molecular formula is C23H24ClN3. The molecular weight excluding hydrogens is 354 g/mol. The topological polar surface area (TPSA) is 39.4 Å². The summed E-state index contributed by atoms with van der Waals surface area (Å²) >= 11 is 6.36. The van der Waals surface area contributed by atoms with Crippen LogP contribution < -0.4 is 4.90 Å². The second-order valence-electron chi connectivity index (χ2n) is 6.80. The second kappa shape index (κ2) is 8.41. The maximum absolute atomic E-state index is 9.35. The van der Waals surface area contributed by atoms with Gasteiger partial charge in [0.25, 0.3) is 0 Å². The fourth-order valence-corrected chi connectivity index (χ4v) is 3.75. The fourth-order valence-electron chi connectivity index (χ4n) is 3.50. The normalized spacial score (nSPS) is 16.9. The van der Waals surface area contributed by atoms with Gasteiger partial charge < -0.3 is 4.90 Å². The first-order chi connectivity index (χ1) is 13.1. The second-order valence-corrected chi connectivity index (χ2v) is 7.16. The summed E-state index contributed by atoms with van der Waals surface area (Å²) in [6.07, 6.45) is 3.20. The molecule has 1 atom stereocenters. The number of halogens is 1. The van der Waals surface area contributed by atoms with Gasteiger partial charge in [0.05, 0.1) is 11.6 Å². The van der Waals surface area contributed by atoms with E-state index in [4.69, 9.17) is 11.6 Å². The van der Waals surface area contributed by atoms with Crippen molar-refractivity contribution in [2.24, 2.45) is 4.99 Å². The first-order valence-corrected chi connectivity index (χ1v) is 9.76. The van der Waals surface area contributed by atoms with Crippen LogP contribution in [0.25, 0.3) is 11.1 Å². The van der Waals surface area contributed by atoms with E-state index in [1.807, 2.05) is 31.2 Å². The van der Waals surface area contributed by atoms with Crippen LogP contribution in [0.1, 0.15) is 45.6 Å². The minimum Gasteiger partial charge on any atom is -0.322 e. The van der Waals surface area contributed by atoms with Crippen molar-refractivity contribution in [2.75, 3.05) is 4.90 Å². The first-order valence-electron chi connectivity index (χ1n) is 9.39.